The highest BCUT2D eigenvalue weighted by molar-refractivity contribution is 7.99. The first-order valence-electron chi connectivity index (χ1n) is 7.39. The van der Waals surface area contributed by atoms with Gasteiger partial charge in [-0.15, -0.1) is 22.0 Å². The van der Waals surface area contributed by atoms with Crippen LogP contribution in [0.5, 0.6) is 0 Å². The van der Waals surface area contributed by atoms with Crippen molar-refractivity contribution < 1.29 is 18.0 Å². The Balaban J connectivity index is 1.68. The number of anilines is 2. The van der Waals surface area contributed by atoms with Crippen LogP contribution >= 0.6 is 23.1 Å². The number of thioether (sulfide) groups is 1. The third-order valence-electron chi connectivity index (χ3n) is 3.39. The summed E-state index contributed by atoms with van der Waals surface area (Å²) >= 11 is 2.38. The summed E-state index contributed by atoms with van der Waals surface area (Å²) in [5.74, 6) is 0.286. The lowest BCUT2D eigenvalue weighted by molar-refractivity contribution is -0.119. The minimum atomic E-state index is -3.47. The Bertz CT molecular complexity index is 916. The van der Waals surface area contributed by atoms with E-state index in [1.807, 2.05) is 6.07 Å². The van der Waals surface area contributed by atoms with Crippen LogP contribution < -0.4 is 10.0 Å². The summed E-state index contributed by atoms with van der Waals surface area (Å²) in [5.41, 5.74) is 0.517. The minimum absolute atomic E-state index is 0.0563. The van der Waals surface area contributed by atoms with Crippen LogP contribution in [-0.4, -0.2) is 59.3 Å². The molecule has 2 heterocycles. The van der Waals surface area contributed by atoms with Crippen LogP contribution in [0.25, 0.3) is 0 Å². The lowest BCUT2D eigenvalue weighted by Gasteiger charge is -2.22. The predicted octanol–water partition coefficient (Wildman–Crippen LogP) is 1.06. The molecule has 0 radical (unpaired) electrons. The second-order valence-corrected chi connectivity index (χ2v) is 9.16. The first-order valence-corrected chi connectivity index (χ1v) is 11.3. The highest BCUT2D eigenvalue weighted by Crippen LogP contribution is 2.26. The zero-order valence-corrected chi connectivity index (χ0v) is 16.0. The average Bonchev–Trinajstić information content (AvgIpc) is 3.23. The molecular weight excluding hydrogens is 398 g/mol. The molecule has 1 fully saturated rings. The minimum Gasteiger partial charge on any atom is -0.316 e. The molecule has 138 valence electrons. The van der Waals surface area contributed by atoms with Gasteiger partial charge >= 0.3 is 0 Å². The molecule has 0 bridgehead atoms. The van der Waals surface area contributed by atoms with Crippen molar-refractivity contribution in [3.05, 3.63) is 35.9 Å². The summed E-state index contributed by atoms with van der Waals surface area (Å²) in [7, 11) is -3.47. The number of hydrogen-bond donors (Lipinski definition) is 2. The predicted molar refractivity (Wildman–Crippen MR) is 101 cm³/mol. The van der Waals surface area contributed by atoms with Crippen LogP contribution in [0.1, 0.15) is 10.4 Å². The molecule has 2 N–H and O–H groups in total. The van der Waals surface area contributed by atoms with E-state index in [1.54, 1.807) is 24.3 Å². The van der Waals surface area contributed by atoms with Gasteiger partial charge in [0.25, 0.3) is 5.91 Å². The van der Waals surface area contributed by atoms with Gasteiger partial charge in [-0.3, -0.25) is 19.6 Å². The second kappa shape index (κ2) is 7.60. The van der Waals surface area contributed by atoms with E-state index in [2.05, 4.69) is 20.2 Å². The van der Waals surface area contributed by atoms with E-state index < -0.39 is 16.1 Å². The standard InChI is InChI=1S/C14H15N5O4S3/c1-26(22,23)18-14-17-16-13(25-14)15-11(20)10-7-24-8-19(10)12(21)9-5-3-2-4-6-9/h2-6,10H,7-8H2,1H3,(H,17,18)(H,15,16,20). The normalized spacial score (nSPS) is 17.1. The Morgan fingerprint density at radius 2 is 1.88 bits per heavy atom. The van der Waals surface area contributed by atoms with Gasteiger partial charge in [0, 0.05) is 11.3 Å². The van der Waals surface area contributed by atoms with Gasteiger partial charge in [0.1, 0.15) is 6.04 Å². The van der Waals surface area contributed by atoms with E-state index >= 15 is 0 Å². The monoisotopic (exact) mass is 413 g/mol. The molecule has 1 aromatic carbocycles. The maximum atomic E-state index is 12.6. The number of carbonyl (C=O) groups excluding carboxylic acids is 2. The maximum Gasteiger partial charge on any atom is 0.255 e. The smallest absolute Gasteiger partial charge is 0.255 e. The van der Waals surface area contributed by atoms with Crippen molar-refractivity contribution in [2.45, 2.75) is 6.04 Å². The highest BCUT2D eigenvalue weighted by Gasteiger charge is 2.35. The molecule has 2 aromatic rings. The van der Waals surface area contributed by atoms with Crippen LogP contribution in [0.3, 0.4) is 0 Å². The average molecular weight is 414 g/mol. The quantitative estimate of drug-likeness (QED) is 0.752. The van der Waals surface area contributed by atoms with Crippen LogP contribution in [0, 0.1) is 0 Å². The van der Waals surface area contributed by atoms with Gasteiger partial charge in [-0.2, -0.15) is 0 Å². The van der Waals surface area contributed by atoms with Crippen LogP contribution in [0.15, 0.2) is 30.3 Å². The fraction of sp³-hybridized carbons (Fsp3) is 0.286. The number of aromatic nitrogens is 2. The van der Waals surface area contributed by atoms with E-state index in [-0.39, 0.29) is 22.1 Å². The molecule has 3 rings (SSSR count). The summed E-state index contributed by atoms with van der Waals surface area (Å²) < 4.78 is 24.6. The molecular formula is C14H15N5O4S3. The third kappa shape index (κ3) is 4.51. The number of benzene rings is 1. The highest BCUT2D eigenvalue weighted by atomic mass is 32.2. The van der Waals surface area contributed by atoms with Crippen molar-refractivity contribution >= 4 is 55.2 Å². The van der Waals surface area contributed by atoms with E-state index in [1.165, 1.54) is 16.7 Å². The Kier molecular flexibility index (Phi) is 5.44. The molecule has 1 atom stereocenters. The molecule has 2 amide bonds. The Hall–Kier alpha value is -2.18. The van der Waals surface area contributed by atoms with E-state index in [4.69, 9.17) is 0 Å². The largest absolute Gasteiger partial charge is 0.316 e. The fourth-order valence-corrected chi connectivity index (χ4v) is 4.90. The summed E-state index contributed by atoms with van der Waals surface area (Å²) in [6.45, 7) is 0. The van der Waals surface area contributed by atoms with Crippen molar-refractivity contribution in [3.8, 4) is 0 Å². The molecule has 9 nitrogen and oxygen atoms in total. The Morgan fingerprint density at radius 1 is 1.19 bits per heavy atom. The number of nitrogens with one attached hydrogen (secondary N) is 2. The number of carbonyl (C=O) groups is 2. The van der Waals surface area contributed by atoms with Crippen molar-refractivity contribution in [2.24, 2.45) is 0 Å². The lowest BCUT2D eigenvalue weighted by Crippen LogP contribution is -2.44. The van der Waals surface area contributed by atoms with Gasteiger partial charge < -0.3 is 4.90 Å². The van der Waals surface area contributed by atoms with E-state index in [9.17, 15) is 18.0 Å². The third-order valence-corrected chi connectivity index (χ3v) is 5.85. The summed E-state index contributed by atoms with van der Waals surface area (Å²) in [6, 6.07) is 8.12. The van der Waals surface area contributed by atoms with Crippen molar-refractivity contribution in [1.82, 2.24) is 15.1 Å². The van der Waals surface area contributed by atoms with Gasteiger partial charge in [0.2, 0.25) is 26.2 Å². The Morgan fingerprint density at radius 3 is 2.58 bits per heavy atom. The van der Waals surface area contributed by atoms with E-state index in [0.717, 1.165) is 17.6 Å². The van der Waals surface area contributed by atoms with Crippen LogP contribution in [-0.2, 0) is 14.8 Å². The molecule has 1 saturated heterocycles. The van der Waals surface area contributed by atoms with Crippen molar-refractivity contribution in [3.63, 3.8) is 0 Å². The number of amides is 2. The van der Waals surface area contributed by atoms with Gasteiger partial charge in [-0.05, 0) is 12.1 Å². The molecule has 26 heavy (non-hydrogen) atoms. The Labute approximate surface area is 158 Å². The van der Waals surface area contributed by atoms with Gasteiger partial charge in [0.05, 0.1) is 12.1 Å². The van der Waals surface area contributed by atoms with Crippen LogP contribution in [0.4, 0.5) is 10.3 Å². The summed E-state index contributed by atoms with van der Waals surface area (Å²) in [4.78, 5) is 26.6. The van der Waals surface area contributed by atoms with Crippen molar-refractivity contribution in [2.75, 3.05) is 27.9 Å². The molecule has 1 aliphatic rings. The molecule has 1 unspecified atom stereocenters. The molecule has 12 heteroatoms. The summed E-state index contributed by atoms with van der Waals surface area (Å²) in [6.07, 6.45) is 0.996. The number of hydrogen-bond acceptors (Lipinski definition) is 8. The second-order valence-electron chi connectivity index (χ2n) is 5.43. The van der Waals surface area contributed by atoms with E-state index in [0.29, 0.717) is 17.2 Å². The number of nitrogens with zero attached hydrogens (tertiary/aromatic N) is 3. The lowest BCUT2D eigenvalue weighted by atomic mass is 10.1. The van der Waals surface area contributed by atoms with Crippen LogP contribution in [0.2, 0.25) is 0 Å². The fourth-order valence-electron chi connectivity index (χ4n) is 2.27. The van der Waals surface area contributed by atoms with Crippen molar-refractivity contribution in [1.29, 1.82) is 0 Å². The zero-order chi connectivity index (χ0) is 18.7. The molecule has 0 saturated carbocycles. The zero-order valence-electron chi connectivity index (χ0n) is 13.6. The number of sulfonamides is 1. The van der Waals surface area contributed by atoms with Gasteiger partial charge in [-0.1, -0.05) is 29.5 Å². The first-order chi connectivity index (χ1) is 12.3. The van der Waals surface area contributed by atoms with Gasteiger partial charge in [-0.25, -0.2) is 8.42 Å². The molecule has 0 aliphatic carbocycles. The summed E-state index contributed by atoms with van der Waals surface area (Å²) in [5, 5.41) is 10.2. The maximum absolute atomic E-state index is 12.6. The number of rotatable bonds is 5. The molecule has 1 aliphatic heterocycles. The molecule has 0 spiro atoms. The SMILES string of the molecule is CS(=O)(=O)Nc1nnc(NC(=O)C2CSCN2C(=O)c2ccccc2)s1. The molecule has 1 aromatic heterocycles. The van der Waals surface area contributed by atoms with Gasteiger partial charge in [0.15, 0.2) is 0 Å². The topological polar surface area (TPSA) is 121 Å². The first kappa shape index (κ1) is 18.6.